The van der Waals surface area contributed by atoms with Crippen molar-refractivity contribution < 1.29 is 0 Å². The summed E-state index contributed by atoms with van der Waals surface area (Å²) in [6, 6.07) is 10.6. The number of aromatic nitrogens is 3. The van der Waals surface area contributed by atoms with Crippen LogP contribution in [0.3, 0.4) is 0 Å². The van der Waals surface area contributed by atoms with Gasteiger partial charge >= 0.3 is 0 Å². The molecule has 4 nitrogen and oxygen atoms in total. The first-order valence-electron chi connectivity index (χ1n) is 7.79. The number of nitrogens with zero attached hydrogens (tertiary/aromatic N) is 3. The van der Waals surface area contributed by atoms with Gasteiger partial charge in [-0.1, -0.05) is 51.1 Å². The fraction of sp³-hybridized carbons (Fsp3) is 0.529. The average Bonchev–Trinajstić information content (AvgIpc) is 2.87. The van der Waals surface area contributed by atoms with Crippen molar-refractivity contribution in [3.63, 3.8) is 0 Å². The molecule has 2 rings (SSSR count). The second kappa shape index (κ2) is 7.36. The number of benzene rings is 1. The normalized spacial score (nSPS) is 14.3. The van der Waals surface area contributed by atoms with Crippen LogP contribution >= 0.6 is 0 Å². The molecule has 2 atom stereocenters. The topological polar surface area (TPSA) is 56.7 Å². The molecule has 0 spiro atoms. The van der Waals surface area contributed by atoms with E-state index < -0.39 is 0 Å². The van der Waals surface area contributed by atoms with Gasteiger partial charge in [0, 0.05) is 19.0 Å². The van der Waals surface area contributed by atoms with E-state index in [2.05, 4.69) is 55.1 Å². The molecule has 4 heteroatoms. The fourth-order valence-electron chi connectivity index (χ4n) is 2.78. The van der Waals surface area contributed by atoms with E-state index in [4.69, 9.17) is 5.73 Å². The van der Waals surface area contributed by atoms with E-state index in [1.54, 1.807) is 6.33 Å². The number of rotatable bonds is 7. The van der Waals surface area contributed by atoms with E-state index in [1.807, 2.05) is 10.7 Å². The minimum atomic E-state index is 0.0625. The molecule has 0 aliphatic rings. The standard InChI is InChI=1S/C17H26N4/c1-4-15(14-8-6-5-7-9-14)16(18)10-17-19-12-20-21(17)11-13(2)3/h5-9,12-13,15-16H,4,10-11,18H2,1-3H3. The van der Waals surface area contributed by atoms with Gasteiger partial charge in [-0.2, -0.15) is 5.10 Å². The highest BCUT2D eigenvalue weighted by molar-refractivity contribution is 5.21. The van der Waals surface area contributed by atoms with Gasteiger partial charge in [0.2, 0.25) is 0 Å². The molecule has 2 unspecified atom stereocenters. The Morgan fingerprint density at radius 1 is 1.19 bits per heavy atom. The third-order valence-electron chi connectivity index (χ3n) is 3.84. The van der Waals surface area contributed by atoms with Gasteiger partial charge in [0.1, 0.15) is 12.2 Å². The summed E-state index contributed by atoms with van der Waals surface area (Å²) in [5.74, 6) is 1.90. The largest absolute Gasteiger partial charge is 0.327 e. The molecule has 0 saturated carbocycles. The van der Waals surface area contributed by atoms with Crippen molar-refractivity contribution in [3.05, 3.63) is 48.0 Å². The second-order valence-corrected chi connectivity index (χ2v) is 6.05. The van der Waals surface area contributed by atoms with Crippen molar-refractivity contribution >= 4 is 0 Å². The molecular formula is C17H26N4. The molecule has 0 aliphatic heterocycles. The Morgan fingerprint density at radius 2 is 1.90 bits per heavy atom. The number of nitrogens with two attached hydrogens (primary N) is 1. The van der Waals surface area contributed by atoms with E-state index in [9.17, 15) is 0 Å². The van der Waals surface area contributed by atoms with Gasteiger partial charge < -0.3 is 5.73 Å². The molecule has 1 aromatic heterocycles. The van der Waals surface area contributed by atoms with Gasteiger partial charge in [0.15, 0.2) is 0 Å². The Balaban J connectivity index is 2.09. The Labute approximate surface area is 127 Å². The van der Waals surface area contributed by atoms with Crippen molar-refractivity contribution in [1.29, 1.82) is 0 Å². The van der Waals surface area contributed by atoms with Gasteiger partial charge in [-0.25, -0.2) is 9.67 Å². The molecule has 0 radical (unpaired) electrons. The van der Waals surface area contributed by atoms with Gasteiger partial charge in [0.05, 0.1) is 0 Å². The highest BCUT2D eigenvalue weighted by Gasteiger charge is 2.20. The van der Waals surface area contributed by atoms with Crippen LogP contribution in [0.5, 0.6) is 0 Å². The first-order chi connectivity index (χ1) is 10.1. The van der Waals surface area contributed by atoms with Crippen molar-refractivity contribution in [3.8, 4) is 0 Å². The van der Waals surface area contributed by atoms with Crippen LogP contribution in [0.1, 0.15) is 44.5 Å². The van der Waals surface area contributed by atoms with Crippen LogP contribution in [0.25, 0.3) is 0 Å². The zero-order valence-electron chi connectivity index (χ0n) is 13.2. The van der Waals surface area contributed by atoms with E-state index in [1.165, 1.54) is 5.56 Å². The SMILES string of the molecule is CCC(c1ccccc1)C(N)Cc1ncnn1CC(C)C. The van der Waals surface area contributed by atoms with Crippen molar-refractivity contribution in [2.75, 3.05) is 0 Å². The zero-order valence-corrected chi connectivity index (χ0v) is 13.2. The lowest BCUT2D eigenvalue weighted by Crippen LogP contribution is -2.32. The minimum absolute atomic E-state index is 0.0625. The molecular weight excluding hydrogens is 260 g/mol. The molecule has 1 aromatic carbocycles. The van der Waals surface area contributed by atoms with E-state index in [0.29, 0.717) is 11.8 Å². The Bertz CT molecular complexity index is 533. The molecule has 2 aromatic rings. The van der Waals surface area contributed by atoms with Crippen LogP contribution in [0.2, 0.25) is 0 Å². The highest BCUT2D eigenvalue weighted by atomic mass is 15.3. The molecule has 2 N–H and O–H groups in total. The molecule has 0 saturated heterocycles. The van der Waals surface area contributed by atoms with Crippen LogP contribution in [-0.4, -0.2) is 20.8 Å². The molecule has 0 aliphatic carbocycles. The lowest BCUT2D eigenvalue weighted by molar-refractivity contribution is 0.441. The third-order valence-corrected chi connectivity index (χ3v) is 3.84. The Kier molecular flexibility index (Phi) is 5.51. The monoisotopic (exact) mass is 286 g/mol. The predicted molar refractivity (Wildman–Crippen MR) is 86.0 cm³/mol. The van der Waals surface area contributed by atoms with Crippen molar-refractivity contribution in [2.45, 2.75) is 52.1 Å². The van der Waals surface area contributed by atoms with Gasteiger partial charge in [-0.15, -0.1) is 0 Å². The summed E-state index contributed by atoms with van der Waals surface area (Å²) < 4.78 is 1.99. The molecule has 0 bridgehead atoms. The minimum Gasteiger partial charge on any atom is -0.327 e. The third kappa shape index (κ3) is 4.14. The molecule has 114 valence electrons. The second-order valence-electron chi connectivity index (χ2n) is 6.05. The van der Waals surface area contributed by atoms with E-state index in [0.717, 1.165) is 25.2 Å². The molecule has 21 heavy (non-hydrogen) atoms. The van der Waals surface area contributed by atoms with Crippen molar-refractivity contribution in [2.24, 2.45) is 11.7 Å². The first kappa shape index (κ1) is 15.7. The summed E-state index contributed by atoms with van der Waals surface area (Å²) >= 11 is 0. The molecule has 1 heterocycles. The van der Waals surface area contributed by atoms with Gasteiger partial charge in [-0.05, 0) is 23.8 Å². The first-order valence-corrected chi connectivity index (χ1v) is 7.79. The van der Waals surface area contributed by atoms with Gasteiger partial charge in [-0.3, -0.25) is 0 Å². The highest BCUT2D eigenvalue weighted by Crippen LogP contribution is 2.23. The summed E-state index contributed by atoms with van der Waals surface area (Å²) in [4.78, 5) is 4.39. The molecule has 0 fully saturated rings. The Hall–Kier alpha value is -1.68. The summed E-state index contributed by atoms with van der Waals surface area (Å²) in [5.41, 5.74) is 7.78. The lowest BCUT2D eigenvalue weighted by Gasteiger charge is -2.23. The van der Waals surface area contributed by atoms with E-state index >= 15 is 0 Å². The van der Waals surface area contributed by atoms with Crippen molar-refractivity contribution in [1.82, 2.24) is 14.8 Å². The molecule has 0 amide bonds. The maximum Gasteiger partial charge on any atom is 0.138 e. The average molecular weight is 286 g/mol. The fourth-order valence-corrected chi connectivity index (χ4v) is 2.78. The zero-order chi connectivity index (χ0) is 15.2. The summed E-state index contributed by atoms with van der Waals surface area (Å²) in [6.45, 7) is 7.45. The van der Waals surface area contributed by atoms with Crippen LogP contribution in [0, 0.1) is 5.92 Å². The lowest BCUT2D eigenvalue weighted by atomic mass is 9.88. The summed E-state index contributed by atoms with van der Waals surface area (Å²) in [6.07, 6.45) is 3.43. The van der Waals surface area contributed by atoms with Crippen LogP contribution < -0.4 is 5.73 Å². The maximum atomic E-state index is 6.47. The smallest absolute Gasteiger partial charge is 0.138 e. The van der Waals surface area contributed by atoms with Crippen LogP contribution in [0.15, 0.2) is 36.7 Å². The number of hydrogen-bond acceptors (Lipinski definition) is 3. The van der Waals surface area contributed by atoms with Crippen LogP contribution in [0.4, 0.5) is 0 Å². The predicted octanol–water partition coefficient (Wildman–Crippen LogP) is 3.00. The summed E-state index contributed by atoms with van der Waals surface area (Å²) in [7, 11) is 0. The maximum absolute atomic E-state index is 6.47. The van der Waals surface area contributed by atoms with Crippen LogP contribution in [-0.2, 0) is 13.0 Å². The summed E-state index contributed by atoms with van der Waals surface area (Å²) in [5, 5.41) is 4.32. The Morgan fingerprint density at radius 3 is 2.52 bits per heavy atom. The van der Waals surface area contributed by atoms with Gasteiger partial charge in [0.25, 0.3) is 0 Å². The van der Waals surface area contributed by atoms with E-state index in [-0.39, 0.29) is 6.04 Å². The number of hydrogen-bond donors (Lipinski definition) is 1. The quantitative estimate of drug-likeness (QED) is 0.851.